The average molecular weight is 213 g/mol. The van der Waals surface area contributed by atoms with Gasteiger partial charge in [0, 0.05) is 6.54 Å². The predicted octanol–water partition coefficient (Wildman–Crippen LogP) is 2.01. The zero-order chi connectivity index (χ0) is 12.0. The van der Waals surface area contributed by atoms with E-state index in [1.54, 1.807) is 0 Å². The van der Waals surface area contributed by atoms with Gasteiger partial charge in [-0.25, -0.2) is 0 Å². The molecule has 0 aliphatic carbocycles. The number of Topliss-reactive ketones (excluding diaryl/α,β-unsaturated/α-hetero) is 1. The lowest BCUT2D eigenvalue weighted by Crippen LogP contribution is -2.34. The summed E-state index contributed by atoms with van der Waals surface area (Å²) < 4.78 is 0. The van der Waals surface area contributed by atoms with Crippen LogP contribution >= 0.6 is 0 Å². The Morgan fingerprint density at radius 2 is 1.53 bits per heavy atom. The monoisotopic (exact) mass is 213 g/mol. The van der Waals surface area contributed by atoms with E-state index >= 15 is 0 Å². The van der Waals surface area contributed by atoms with Crippen LogP contribution in [0.5, 0.6) is 0 Å². The highest BCUT2D eigenvalue weighted by Gasteiger charge is 2.18. The zero-order valence-electron chi connectivity index (χ0n) is 10.5. The molecule has 0 aromatic rings. The normalized spacial score (nSPS) is 11.2. The van der Waals surface area contributed by atoms with Crippen molar-refractivity contribution >= 4 is 11.7 Å². The molecule has 0 heterocycles. The van der Waals surface area contributed by atoms with Gasteiger partial charge in [0.2, 0.25) is 5.91 Å². The fourth-order valence-corrected chi connectivity index (χ4v) is 1.76. The molecule has 1 N–H and O–H groups in total. The Bertz CT molecular complexity index is 214. The van der Waals surface area contributed by atoms with Crippen LogP contribution in [0.3, 0.4) is 0 Å². The van der Waals surface area contributed by atoms with E-state index in [4.69, 9.17) is 0 Å². The summed E-state index contributed by atoms with van der Waals surface area (Å²) in [7, 11) is 0. The van der Waals surface area contributed by atoms with Crippen LogP contribution in [0, 0.1) is 17.8 Å². The number of ketones is 1. The molecule has 1 amide bonds. The maximum atomic E-state index is 11.3. The van der Waals surface area contributed by atoms with Crippen molar-refractivity contribution in [3.63, 3.8) is 0 Å². The third-order valence-corrected chi connectivity index (χ3v) is 2.66. The van der Waals surface area contributed by atoms with Gasteiger partial charge in [-0.2, -0.15) is 0 Å². The third-order valence-electron chi connectivity index (χ3n) is 2.66. The first kappa shape index (κ1) is 14.1. The van der Waals surface area contributed by atoms with Crippen LogP contribution in [0.4, 0.5) is 0 Å². The van der Waals surface area contributed by atoms with Crippen LogP contribution in [0.15, 0.2) is 0 Å². The second-order valence-electron chi connectivity index (χ2n) is 4.83. The SMILES string of the molecule is CC(=O)CC(=O)NCC(C(C)C)C(C)C. The first-order chi connectivity index (χ1) is 6.84. The molecule has 0 saturated heterocycles. The van der Waals surface area contributed by atoms with Crippen LogP contribution in [0.1, 0.15) is 41.0 Å². The molecule has 0 aliphatic heterocycles. The van der Waals surface area contributed by atoms with Crippen molar-refractivity contribution in [3.8, 4) is 0 Å². The fourth-order valence-electron chi connectivity index (χ4n) is 1.76. The number of rotatable bonds is 6. The van der Waals surface area contributed by atoms with Gasteiger partial charge in [0.05, 0.1) is 6.42 Å². The minimum Gasteiger partial charge on any atom is -0.355 e. The predicted molar refractivity (Wildman–Crippen MR) is 61.5 cm³/mol. The summed E-state index contributed by atoms with van der Waals surface area (Å²) in [6, 6.07) is 0. The summed E-state index contributed by atoms with van der Waals surface area (Å²) in [6.45, 7) is 10.7. The van der Waals surface area contributed by atoms with Gasteiger partial charge in [-0.05, 0) is 24.7 Å². The molecule has 0 aromatic heterocycles. The Morgan fingerprint density at radius 1 is 1.07 bits per heavy atom. The second kappa shape index (κ2) is 6.59. The highest BCUT2D eigenvalue weighted by molar-refractivity contribution is 5.96. The molecule has 0 aromatic carbocycles. The highest BCUT2D eigenvalue weighted by Crippen LogP contribution is 2.19. The molecule has 0 radical (unpaired) electrons. The van der Waals surface area contributed by atoms with Crippen LogP contribution in [0.2, 0.25) is 0 Å². The van der Waals surface area contributed by atoms with Gasteiger partial charge < -0.3 is 5.32 Å². The van der Waals surface area contributed by atoms with E-state index in [1.807, 2.05) is 0 Å². The highest BCUT2D eigenvalue weighted by atomic mass is 16.2. The molecule has 0 unspecified atom stereocenters. The van der Waals surface area contributed by atoms with Crippen LogP contribution in [-0.2, 0) is 9.59 Å². The van der Waals surface area contributed by atoms with Crippen LogP contribution in [-0.4, -0.2) is 18.2 Å². The number of nitrogens with one attached hydrogen (secondary N) is 1. The smallest absolute Gasteiger partial charge is 0.227 e. The Kier molecular flexibility index (Phi) is 6.21. The number of carbonyl (C=O) groups is 2. The number of hydrogen-bond acceptors (Lipinski definition) is 2. The largest absolute Gasteiger partial charge is 0.355 e. The van der Waals surface area contributed by atoms with Crippen molar-refractivity contribution in [2.24, 2.45) is 17.8 Å². The molecule has 88 valence electrons. The van der Waals surface area contributed by atoms with E-state index < -0.39 is 0 Å². The van der Waals surface area contributed by atoms with Gasteiger partial charge in [-0.3, -0.25) is 9.59 Å². The average Bonchev–Trinajstić information content (AvgIpc) is 2.00. The van der Waals surface area contributed by atoms with Crippen molar-refractivity contribution in [1.82, 2.24) is 5.32 Å². The van der Waals surface area contributed by atoms with Crippen molar-refractivity contribution in [3.05, 3.63) is 0 Å². The first-order valence-corrected chi connectivity index (χ1v) is 5.60. The molecule has 0 rings (SSSR count). The van der Waals surface area contributed by atoms with Gasteiger partial charge in [-0.15, -0.1) is 0 Å². The first-order valence-electron chi connectivity index (χ1n) is 5.60. The minimum atomic E-state index is -0.159. The maximum absolute atomic E-state index is 11.3. The topological polar surface area (TPSA) is 46.2 Å². The molecule has 0 fully saturated rings. The summed E-state index contributed by atoms with van der Waals surface area (Å²) in [5.41, 5.74) is 0. The van der Waals surface area contributed by atoms with Gasteiger partial charge in [0.25, 0.3) is 0 Å². The molecule has 0 spiro atoms. The van der Waals surface area contributed by atoms with Crippen molar-refractivity contribution in [2.75, 3.05) is 6.54 Å². The van der Waals surface area contributed by atoms with E-state index in [9.17, 15) is 9.59 Å². The summed E-state index contributed by atoms with van der Waals surface area (Å²) in [5, 5.41) is 2.82. The zero-order valence-corrected chi connectivity index (χ0v) is 10.5. The lowest BCUT2D eigenvalue weighted by atomic mass is 9.85. The second-order valence-corrected chi connectivity index (χ2v) is 4.83. The van der Waals surface area contributed by atoms with Crippen molar-refractivity contribution in [2.45, 2.75) is 41.0 Å². The number of carbonyl (C=O) groups excluding carboxylic acids is 2. The van der Waals surface area contributed by atoms with E-state index in [-0.39, 0.29) is 18.1 Å². The Labute approximate surface area is 92.6 Å². The lowest BCUT2D eigenvalue weighted by Gasteiger charge is -2.24. The molecule has 3 heteroatoms. The number of amides is 1. The molecule has 0 bridgehead atoms. The molecule has 0 atom stereocenters. The van der Waals surface area contributed by atoms with Gasteiger partial charge in [0.1, 0.15) is 5.78 Å². The third kappa shape index (κ3) is 6.26. The number of hydrogen-bond donors (Lipinski definition) is 1. The van der Waals surface area contributed by atoms with E-state index in [0.29, 0.717) is 24.3 Å². The Morgan fingerprint density at radius 3 is 1.87 bits per heavy atom. The molecule has 0 saturated carbocycles. The molecule has 0 aliphatic rings. The quantitative estimate of drug-likeness (QED) is 0.686. The summed E-state index contributed by atoms with van der Waals surface area (Å²) in [6.07, 6.45) is 0.00289. The van der Waals surface area contributed by atoms with E-state index in [2.05, 4.69) is 33.0 Å². The van der Waals surface area contributed by atoms with Crippen LogP contribution < -0.4 is 5.32 Å². The van der Waals surface area contributed by atoms with Crippen molar-refractivity contribution in [1.29, 1.82) is 0 Å². The van der Waals surface area contributed by atoms with Crippen LogP contribution in [0.25, 0.3) is 0 Å². The Balaban J connectivity index is 4.00. The molecular formula is C12H23NO2. The summed E-state index contributed by atoms with van der Waals surface area (Å²) >= 11 is 0. The van der Waals surface area contributed by atoms with Gasteiger partial charge in [0.15, 0.2) is 0 Å². The van der Waals surface area contributed by atoms with Gasteiger partial charge >= 0.3 is 0 Å². The van der Waals surface area contributed by atoms with Gasteiger partial charge in [-0.1, -0.05) is 27.7 Å². The van der Waals surface area contributed by atoms with E-state index in [1.165, 1.54) is 6.92 Å². The Hall–Kier alpha value is -0.860. The van der Waals surface area contributed by atoms with E-state index in [0.717, 1.165) is 0 Å². The summed E-state index contributed by atoms with van der Waals surface area (Å²) in [5.74, 6) is 1.32. The maximum Gasteiger partial charge on any atom is 0.227 e. The van der Waals surface area contributed by atoms with Crippen molar-refractivity contribution < 1.29 is 9.59 Å². The molecule has 15 heavy (non-hydrogen) atoms. The summed E-state index contributed by atoms with van der Waals surface area (Å²) in [4.78, 5) is 22.0. The lowest BCUT2D eigenvalue weighted by molar-refractivity contribution is -0.127. The molecular weight excluding hydrogens is 190 g/mol. The fraction of sp³-hybridized carbons (Fsp3) is 0.833. The standard InChI is InChI=1S/C12H23NO2/c1-8(2)11(9(3)4)7-13-12(15)6-10(5)14/h8-9,11H,6-7H2,1-5H3,(H,13,15). The molecule has 3 nitrogen and oxygen atoms in total. The minimum absolute atomic E-state index is 0.00289.